The molecule has 3 heteroatoms. The second kappa shape index (κ2) is 5.11. The van der Waals surface area contributed by atoms with Gasteiger partial charge in [-0.2, -0.15) is 5.26 Å². The van der Waals surface area contributed by atoms with E-state index in [4.69, 9.17) is 4.74 Å². The van der Waals surface area contributed by atoms with Gasteiger partial charge >= 0.3 is 0 Å². The van der Waals surface area contributed by atoms with Gasteiger partial charge < -0.3 is 4.74 Å². The normalized spacial score (nSPS) is 18.9. The third-order valence-electron chi connectivity index (χ3n) is 3.03. The van der Waals surface area contributed by atoms with Crippen LogP contribution >= 0.6 is 0 Å². The lowest BCUT2D eigenvalue weighted by Gasteiger charge is -2.31. The maximum absolute atomic E-state index is 9.25. The van der Waals surface area contributed by atoms with Gasteiger partial charge in [-0.1, -0.05) is 30.3 Å². The van der Waals surface area contributed by atoms with E-state index in [-0.39, 0.29) is 0 Å². The van der Waals surface area contributed by atoms with E-state index in [9.17, 15) is 5.26 Å². The van der Waals surface area contributed by atoms with Crippen LogP contribution in [0.5, 0.6) is 0 Å². The van der Waals surface area contributed by atoms with E-state index < -0.39 is 5.54 Å². The molecule has 0 aliphatic carbocycles. The van der Waals surface area contributed by atoms with E-state index in [1.807, 2.05) is 18.2 Å². The zero-order valence-corrected chi connectivity index (χ0v) is 9.28. The van der Waals surface area contributed by atoms with Crippen molar-refractivity contribution in [1.29, 1.82) is 5.26 Å². The quantitative estimate of drug-likeness (QED) is 0.838. The standard InChI is InChI=1S/C13H16N2O/c14-11-13(6-8-16-9-7-13)15-10-12-4-2-1-3-5-12/h1-5,15H,6-10H2. The van der Waals surface area contributed by atoms with Crippen LogP contribution in [0.3, 0.4) is 0 Å². The molecule has 0 bridgehead atoms. The summed E-state index contributed by atoms with van der Waals surface area (Å²) in [4.78, 5) is 0. The number of hydrogen-bond donors (Lipinski definition) is 1. The third kappa shape index (κ3) is 2.60. The van der Waals surface area contributed by atoms with Gasteiger partial charge in [0.1, 0.15) is 5.54 Å². The first-order valence-corrected chi connectivity index (χ1v) is 5.63. The largest absolute Gasteiger partial charge is 0.381 e. The Bertz CT molecular complexity index is 363. The van der Waals surface area contributed by atoms with Crippen molar-refractivity contribution >= 4 is 0 Å². The second-order valence-corrected chi connectivity index (χ2v) is 4.15. The molecule has 3 nitrogen and oxygen atoms in total. The van der Waals surface area contributed by atoms with Crippen molar-refractivity contribution in [3.8, 4) is 6.07 Å². The van der Waals surface area contributed by atoms with E-state index in [1.54, 1.807) is 0 Å². The highest BCUT2D eigenvalue weighted by molar-refractivity contribution is 5.16. The van der Waals surface area contributed by atoms with Gasteiger partial charge in [-0.25, -0.2) is 0 Å². The van der Waals surface area contributed by atoms with Crippen LogP contribution in [-0.4, -0.2) is 18.8 Å². The average Bonchev–Trinajstić information content (AvgIpc) is 2.39. The molecule has 84 valence electrons. The van der Waals surface area contributed by atoms with Crippen LogP contribution < -0.4 is 5.32 Å². The highest BCUT2D eigenvalue weighted by Gasteiger charge is 2.31. The summed E-state index contributed by atoms with van der Waals surface area (Å²) in [5.74, 6) is 0. The average molecular weight is 216 g/mol. The van der Waals surface area contributed by atoms with Crippen molar-refractivity contribution in [3.63, 3.8) is 0 Å². The van der Waals surface area contributed by atoms with Crippen LogP contribution in [0.1, 0.15) is 18.4 Å². The van der Waals surface area contributed by atoms with Crippen molar-refractivity contribution < 1.29 is 4.74 Å². The molecule has 0 aromatic heterocycles. The van der Waals surface area contributed by atoms with Gasteiger partial charge in [-0.05, 0) is 5.56 Å². The molecule has 2 rings (SSSR count). The molecule has 1 saturated heterocycles. The number of nitriles is 1. The first-order chi connectivity index (χ1) is 7.85. The molecule has 1 aliphatic rings. The molecule has 1 aliphatic heterocycles. The minimum Gasteiger partial charge on any atom is -0.381 e. The monoisotopic (exact) mass is 216 g/mol. The molecule has 0 unspecified atom stereocenters. The molecular weight excluding hydrogens is 200 g/mol. The number of rotatable bonds is 3. The smallest absolute Gasteiger partial charge is 0.111 e. The molecular formula is C13H16N2O. The zero-order valence-electron chi connectivity index (χ0n) is 9.28. The van der Waals surface area contributed by atoms with Crippen LogP contribution in [0, 0.1) is 11.3 Å². The molecule has 16 heavy (non-hydrogen) atoms. The Hall–Kier alpha value is -1.37. The Morgan fingerprint density at radius 2 is 1.94 bits per heavy atom. The summed E-state index contributed by atoms with van der Waals surface area (Å²) >= 11 is 0. The summed E-state index contributed by atoms with van der Waals surface area (Å²) in [6.07, 6.45) is 1.55. The third-order valence-corrected chi connectivity index (χ3v) is 3.03. The Balaban J connectivity index is 1.95. The number of nitrogens with one attached hydrogen (secondary N) is 1. The SMILES string of the molecule is N#CC1(NCc2ccccc2)CCOCC1. The summed E-state index contributed by atoms with van der Waals surface area (Å²) in [5.41, 5.74) is 0.817. The molecule has 1 aromatic carbocycles. The summed E-state index contributed by atoms with van der Waals surface area (Å²) in [6.45, 7) is 2.10. The summed E-state index contributed by atoms with van der Waals surface area (Å²) in [5, 5.41) is 12.6. The lowest BCUT2D eigenvalue weighted by Crippen LogP contribution is -2.47. The van der Waals surface area contributed by atoms with E-state index in [1.165, 1.54) is 5.56 Å². The number of hydrogen-bond acceptors (Lipinski definition) is 3. The van der Waals surface area contributed by atoms with E-state index in [2.05, 4.69) is 23.5 Å². The highest BCUT2D eigenvalue weighted by atomic mass is 16.5. The first-order valence-electron chi connectivity index (χ1n) is 5.63. The Kier molecular flexibility index (Phi) is 3.55. The van der Waals surface area contributed by atoms with Gasteiger partial charge in [0, 0.05) is 32.6 Å². The van der Waals surface area contributed by atoms with Crippen LogP contribution in [0.2, 0.25) is 0 Å². The molecule has 0 spiro atoms. The lowest BCUT2D eigenvalue weighted by molar-refractivity contribution is 0.0574. The molecule has 0 saturated carbocycles. The van der Waals surface area contributed by atoms with Gasteiger partial charge in [0.15, 0.2) is 0 Å². The van der Waals surface area contributed by atoms with E-state index in [0.29, 0.717) is 13.2 Å². The van der Waals surface area contributed by atoms with Crippen LogP contribution in [0.25, 0.3) is 0 Å². The minimum absolute atomic E-state index is 0.395. The topological polar surface area (TPSA) is 45.0 Å². The second-order valence-electron chi connectivity index (χ2n) is 4.15. The van der Waals surface area contributed by atoms with E-state index >= 15 is 0 Å². The van der Waals surface area contributed by atoms with Crippen molar-refractivity contribution in [2.45, 2.75) is 24.9 Å². The molecule has 1 fully saturated rings. The summed E-state index contributed by atoms with van der Waals surface area (Å²) in [7, 11) is 0. The molecule has 0 radical (unpaired) electrons. The predicted molar refractivity (Wildman–Crippen MR) is 61.7 cm³/mol. The minimum atomic E-state index is -0.395. The van der Waals surface area contributed by atoms with Crippen molar-refractivity contribution in [1.82, 2.24) is 5.32 Å². The molecule has 1 N–H and O–H groups in total. The van der Waals surface area contributed by atoms with E-state index in [0.717, 1.165) is 19.4 Å². The fraction of sp³-hybridized carbons (Fsp3) is 0.462. The maximum atomic E-state index is 9.25. The van der Waals surface area contributed by atoms with Gasteiger partial charge in [0.25, 0.3) is 0 Å². The number of ether oxygens (including phenoxy) is 1. The van der Waals surface area contributed by atoms with Gasteiger partial charge in [-0.15, -0.1) is 0 Å². The van der Waals surface area contributed by atoms with Crippen LogP contribution in [0.15, 0.2) is 30.3 Å². The van der Waals surface area contributed by atoms with Gasteiger partial charge in [-0.3, -0.25) is 5.32 Å². The highest BCUT2D eigenvalue weighted by Crippen LogP contribution is 2.20. The fourth-order valence-electron chi connectivity index (χ4n) is 1.92. The molecule has 1 heterocycles. The molecule has 1 aromatic rings. The number of benzene rings is 1. The van der Waals surface area contributed by atoms with Crippen LogP contribution in [0.4, 0.5) is 0 Å². The number of nitrogens with zero attached hydrogens (tertiary/aromatic N) is 1. The Labute approximate surface area is 96.0 Å². The lowest BCUT2D eigenvalue weighted by atomic mass is 9.91. The van der Waals surface area contributed by atoms with Crippen molar-refractivity contribution in [2.75, 3.05) is 13.2 Å². The first kappa shape index (κ1) is 11.1. The Morgan fingerprint density at radius 1 is 1.25 bits per heavy atom. The van der Waals surface area contributed by atoms with Crippen LogP contribution in [-0.2, 0) is 11.3 Å². The molecule has 0 atom stereocenters. The fourth-order valence-corrected chi connectivity index (χ4v) is 1.92. The zero-order chi connectivity index (χ0) is 11.3. The Morgan fingerprint density at radius 3 is 2.56 bits per heavy atom. The maximum Gasteiger partial charge on any atom is 0.111 e. The molecule has 0 amide bonds. The van der Waals surface area contributed by atoms with Gasteiger partial charge in [0.05, 0.1) is 6.07 Å². The predicted octanol–water partition coefficient (Wildman–Crippen LogP) is 1.85. The van der Waals surface area contributed by atoms with Crippen molar-refractivity contribution in [3.05, 3.63) is 35.9 Å². The van der Waals surface area contributed by atoms with Crippen molar-refractivity contribution in [2.24, 2.45) is 0 Å². The summed E-state index contributed by atoms with van der Waals surface area (Å²) in [6, 6.07) is 12.6. The summed E-state index contributed by atoms with van der Waals surface area (Å²) < 4.78 is 5.29. The van der Waals surface area contributed by atoms with Gasteiger partial charge in [0.2, 0.25) is 0 Å².